The van der Waals surface area contributed by atoms with Crippen LogP contribution in [-0.2, 0) is 20.7 Å². The molecular weight excluding hydrogens is 444 g/mol. The first-order valence-electron chi connectivity index (χ1n) is 12.5. The Bertz CT molecular complexity index is 1170. The molecule has 0 spiro atoms. The zero-order valence-electron chi connectivity index (χ0n) is 20.9. The number of ether oxygens (including phenoxy) is 1. The molecule has 0 N–H and O–H groups in total. The van der Waals surface area contributed by atoms with E-state index in [1.165, 1.54) is 0 Å². The molecule has 1 amide bonds. The number of unbranched alkanes of at least 4 members (excludes halogenated alkanes) is 1. The molecule has 4 rings (SSSR count). The third kappa shape index (κ3) is 5.61. The molecule has 3 heterocycles. The largest absolute Gasteiger partial charge is 0.466 e. The smallest absolute Gasteiger partial charge is 0.306 e. The van der Waals surface area contributed by atoms with Gasteiger partial charge in [-0.3, -0.25) is 9.59 Å². The second-order valence-electron chi connectivity index (χ2n) is 8.77. The number of anilines is 1. The van der Waals surface area contributed by atoms with Gasteiger partial charge in [0.15, 0.2) is 5.65 Å². The van der Waals surface area contributed by atoms with Crippen molar-refractivity contribution in [2.45, 2.75) is 52.9 Å². The number of aromatic nitrogens is 4. The Morgan fingerprint density at radius 1 is 1.00 bits per heavy atom. The van der Waals surface area contributed by atoms with Gasteiger partial charge in [-0.15, -0.1) is 0 Å². The fraction of sp³-hybridized carbons (Fsp3) is 0.500. The molecule has 0 saturated carbocycles. The third-order valence-electron chi connectivity index (χ3n) is 6.26. The molecule has 186 valence electrons. The SMILES string of the molecule is CCCCc1nc(N2CCN(C(=O)CCC(=O)OCC)CC2)c2c(C)nn(-c3ccccc3)c2n1. The second-order valence-corrected chi connectivity index (χ2v) is 8.77. The fourth-order valence-corrected chi connectivity index (χ4v) is 4.40. The van der Waals surface area contributed by atoms with E-state index in [4.69, 9.17) is 19.8 Å². The van der Waals surface area contributed by atoms with Gasteiger partial charge in [0.2, 0.25) is 5.91 Å². The first-order chi connectivity index (χ1) is 17.0. The lowest BCUT2D eigenvalue weighted by molar-refractivity contribution is -0.145. The van der Waals surface area contributed by atoms with E-state index in [1.54, 1.807) is 6.92 Å². The van der Waals surface area contributed by atoms with Gasteiger partial charge in [0.25, 0.3) is 0 Å². The van der Waals surface area contributed by atoms with Crippen LogP contribution < -0.4 is 4.90 Å². The molecule has 35 heavy (non-hydrogen) atoms. The number of carbonyl (C=O) groups is 2. The quantitative estimate of drug-likeness (QED) is 0.435. The summed E-state index contributed by atoms with van der Waals surface area (Å²) < 4.78 is 6.84. The van der Waals surface area contributed by atoms with Crippen molar-refractivity contribution in [1.29, 1.82) is 0 Å². The number of nitrogens with zero attached hydrogens (tertiary/aromatic N) is 6. The van der Waals surface area contributed by atoms with Gasteiger partial charge in [0.1, 0.15) is 11.6 Å². The second kappa shape index (κ2) is 11.3. The summed E-state index contributed by atoms with van der Waals surface area (Å²) in [4.78, 5) is 38.2. The van der Waals surface area contributed by atoms with Crippen LogP contribution in [0.2, 0.25) is 0 Å². The minimum atomic E-state index is -0.326. The molecule has 0 atom stereocenters. The van der Waals surface area contributed by atoms with Gasteiger partial charge in [0.05, 0.1) is 29.8 Å². The van der Waals surface area contributed by atoms with Crippen molar-refractivity contribution in [3.05, 3.63) is 41.9 Å². The van der Waals surface area contributed by atoms with Gasteiger partial charge < -0.3 is 14.5 Å². The van der Waals surface area contributed by atoms with Crippen molar-refractivity contribution in [1.82, 2.24) is 24.6 Å². The Balaban J connectivity index is 1.57. The number of para-hydroxylation sites is 1. The molecule has 9 nitrogen and oxygen atoms in total. The van der Waals surface area contributed by atoms with E-state index in [-0.39, 0.29) is 24.7 Å². The van der Waals surface area contributed by atoms with Crippen LogP contribution in [-0.4, -0.2) is 69.3 Å². The number of piperazine rings is 1. The van der Waals surface area contributed by atoms with E-state index in [9.17, 15) is 9.59 Å². The van der Waals surface area contributed by atoms with Gasteiger partial charge >= 0.3 is 5.97 Å². The van der Waals surface area contributed by atoms with Crippen LogP contribution in [0.4, 0.5) is 5.82 Å². The molecule has 1 fully saturated rings. The summed E-state index contributed by atoms with van der Waals surface area (Å²) in [6.07, 6.45) is 3.20. The van der Waals surface area contributed by atoms with E-state index in [2.05, 4.69) is 11.8 Å². The van der Waals surface area contributed by atoms with Crippen LogP contribution in [0, 0.1) is 6.92 Å². The van der Waals surface area contributed by atoms with Crippen LogP contribution in [0.15, 0.2) is 30.3 Å². The Hall–Kier alpha value is -3.49. The van der Waals surface area contributed by atoms with Gasteiger partial charge in [-0.25, -0.2) is 14.6 Å². The monoisotopic (exact) mass is 478 g/mol. The van der Waals surface area contributed by atoms with E-state index in [0.29, 0.717) is 32.8 Å². The van der Waals surface area contributed by atoms with E-state index >= 15 is 0 Å². The lowest BCUT2D eigenvalue weighted by atomic mass is 10.2. The van der Waals surface area contributed by atoms with E-state index in [1.807, 2.05) is 46.8 Å². The van der Waals surface area contributed by atoms with Crippen molar-refractivity contribution in [3.8, 4) is 5.69 Å². The molecule has 9 heteroatoms. The maximum absolute atomic E-state index is 12.6. The van der Waals surface area contributed by atoms with Crippen LogP contribution in [0.25, 0.3) is 16.7 Å². The van der Waals surface area contributed by atoms with Crippen LogP contribution in [0.3, 0.4) is 0 Å². The zero-order valence-corrected chi connectivity index (χ0v) is 20.9. The van der Waals surface area contributed by atoms with Crippen molar-refractivity contribution in [2.24, 2.45) is 0 Å². The predicted octanol–water partition coefficient (Wildman–Crippen LogP) is 3.46. The van der Waals surface area contributed by atoms with Crippen molar-refractivity contribution in [2.75, 3.05) is 37.7 Å². The van der Waals surface area contributed by atoms with Crippen LogP contribution >= 0.6 is 0 Å². The number of amides is 1. The first kappa shape index (κ1) is 24.6. The van der Waals surface area contributed by atoms with Crippen LogP contribution in [0.5, 0.6) is 0 Å². The minimum absolute atomic E-state index is 0.0118. The highest BCUT2D eigenvalue weighted by Gasteiger charge is 2.26. The average Bonchev–Trinajstić information content (AvgIpc) is 3.22. The summed E-state index contributed by atoms with van der Waals surface area (Å²) in [5.41, 5.74) is 2.67. The molecule has 2 aromatic heterocycles. The topological polar surface area (TPSA) is 93.5 Å². The number of aryl methyl sites for hydroxylation is 2. The normalized spacial score (nSPS) is 13.9. The number of carbonyl (C=O) groups excluding carboxylic acids is 2. The maximum Gasteiger partial charge on any atom is 0.306 e. The first-order valence-corrected chi connectivity index (χ1v) is 12.5. The zero-order chi connectivity index (χ0) is 24.8. The van der Waals surface area contributed by atoms with Crippen molar-refractivity contribution >= 4 is 28.7 Å². The highest BCUT2D eigenvalue weighted by atomic mass is 16.5. The predicted molar refractivity (Wildman–Crippen MR) is 135 cm³/mol. The van der Waals surface area contributed by atoms with Gasteiger partial charge in [-0.2, -0.15) is 5.10 Å². The Morgan fingerprint density at radius 3 is 2.43 bits per heavy atom. The molecule has 1 aliphatic rings. The molecule has 1 aliphatic heterocycles. The summed E-state index contributed by atoms with van der Waals surface area (Å²) in [5.74, 6) is 1.37. The maximum atomic E-state index is 12.6. The molecule has 0 radical (unpaired) electrons. The summed E-state index contributed by atoms with van der Waals surface area (Å²) in [7, 11) is 0. The Kier molecular flexibility index (Phi) is 7.94. The summed E-state index contributed by atoms with van der Waals surface area (Å²) in [6, 6.07) is 10.0. The highest BCUT2D eigenvalue weighted by Crippen LogP contribution is 2.30. The lowest BCUT2D eigenvalue weighted by Gasteiger charge is -2.35. The molecule has 3 aromatic rings. The Morgan fingerprint density at radius 2 is 1.74 bits per heavy atom. The van der Waals surface area contributed by atoms with E-state index in [0.717, 1.165) is 53.3 Å². The van der Waals surface area contributed by atoms with Crippen molar-refractivity contribution < 1.29 is 14.3 Å². The van der Waals surface area contributed by atoms with Gasteiger partial charge in [-0.1, -0.05) is 31.5 Å². The highest BCUT2D eigenvalue weighted by molar-refractivity contribution is 5.91. The number of esters is 1. The lowest BCUT2D eigenvalue weighted by Crippen LogP contribution is -2.49. The molecule has 0 aliphatic carbocycles. The molecular formula is C26H34N6O3. The fourth-order valence-electron chi connectivity index (χ4n) is 4.40. The van der Waals surface area contributed by atoms with E-state index < -0.39 is 0 Å². The number of hydrogen-bond donors (Lipinski definition) is 0. The summed E-state index contributed by atoms with van der Waals surface area (Å²) >= 11 is 0. The number of benzene rings is 1. The third-order valence-corrected chi connectivity index (χ3v) is 6.26. The molecule has 1 aromatic carbocycles. The number of rotatable bonds is 9. The van der Waals surface area contributed by atoms with Gasteiger partial charge in [-0.05, 0) is 32.4 Å². The summed E-state index contributed by atoms with van der Waals surface area (Å²) in [6.45, 7) is 8.76. The number of fused-ring (bicyclic) bond motifs is 1. The number of hydrogen-bond acceptors (Lipinski definition) is 7. The van der Waals surface area contributed by atoms with Crippen LogP contribution in [0.1, 0.15) is 51.0 Å². The molecule has 1 saturated heterocycles. The summed E-state index contributed by atoms with van der Waals surface area (Å²) in [5, 5.41) is 5.77. The standard InChI is InChI=1S/C26H34N6O3/c1-4-6-12-21-27-25(24-19(3)29-32(26(24)28-21)20-10-8-7-9-11-20)31-17-15-30(16-18-31)22(33)13-14-23(34)35-5-2/h7-11H,4-6,12-18H2,1-3H3. The average molecular weight is 479 g/mol. The Labute approximate surface area is 206 Å². The van der Waals surface area contributed by atoms with Crippen molar-refractivity contribution in [3.63, 3.8) is 0 Å². The minimum Gasteiger partial charge on any atom is -0.466 e. The van der Waals surface area contributed by atoms with Gasteiger partial charge in [0, 0.05) is 39.0 Å². The molecule has 0 unspecified atom stereocenters. The molecule has 0 bridgehead atoms.